The van der Waals surface area contributed by atoms with Crippen LogP contribution in [-0.4, -0.2) is 30.6 Å². The molecule has 1 aromatic heterocycles. The number of aromatic nitrogens is 2. The maximum atomic E-state index is 13.3. The average molecular weight is 198 g/mol. The molecule has 5 heteroatoms. The average Bonchev–Trinajstić information content (AvgIpc) is 2.19. The van der Waals surface area contributed by atoms with E-state index in [1.165, 1.54) is 6.20 Å². The van der Waals surface area contributed by atoms with E-state index in [4.69, 9.17) is 0 Å². The third-order valence-electron chi connectivity index (χ3n) is 1.87. The van der Waals surface area contributed by atoms with E-state index < -0.39 is 0 Å². The lowest BCUT2D eigenvalue weighted by Crippen LogP contribution is -2.21. The van der Waals surface area contributed by atoms with Crippen LogP contribution in [0.1, 0.15) is 13.3 Å². The van der Waals surface area contributed by atoms with Gasteiger partial charge in [0.2, 0.25) is 5.95 Å². The first-order valence-electron chi connectivity index (χ1n) is 4.60. The van der Waals surface area contributed by atoms with Gasteiger partial charge in [-0.1, -0.05) is 6.92 Å². The Bertz CT molecular complexity index is 303. The predicted octanol–water partition coefficient (Wildman–Crippen LogP) is 1.50. The van der Waals surface area contributed by atoms with Gasteiger partial charge in [0.05, 0.1) is 6.20 Å². The Labute approximate surface area is 83.2 Å². The second kappa shape index (κ2) is 4.74. The number of anilines is 2. The van der Waals surface area contributed by atoms with Crippen LogP contribution in [0.25, 0.3) is 0 Å². The van der Waals surface area contributed by atoms with E-state index in [2.05, 4.69) is 15.3 Å². The Morgan fingerprint density at radius 1 is 1.57 bits per heavy atom. The number of nitrogens with one attached hydrogen (secondary N) is 1. The molecular formula is C9H15FN4. The Kier molecular flexibility index (Phi) is 3.62. The van der Waals surface area contributed by atoms with Crippen molar-refractivity contribution in [2.45, 2.75) is 13.3 Å². The molecule has 0 aliphatic heterocycles. The van der Waals surface area contributed by atoms with E-state index in [0.717, 1.165) is 13.0 Å². The number of hydrogen-bond acceptors (Lipinski definition) is 4. The zero-order chi connectivity index (χ0) is 10.6. The number of halogens is 1. The highest BCUT2D eigenvalue weighted by molar-refractivity contribution is 5.42. The molecule has 0 fully saturated rings. The molecule has 1 rings (SSSR count). The summed E-state index contributed by atoms with van der Waals surface area (Å²) in [6, 6.07) is 0. The SMILES string of the molecule is CCCN(C)c1nc(NC)ncc1F. The molecule has 0 unspecified atom stereocenters. The Morgan fingerprint density at radius 2 is 2.29 bits per heavy atom. The molecule has 1 heterocycles. The van der Waals surface area contributed by atoms with Gasteiger partial charge in [0, 0.05) is 20.6 Å². The summed E-state index contributed by atoms with van der Waals surface area (Å²) >= 11 is 0. The molecule has 1 N–H and O–H groups in total. The molecule has 0 amide bonds. The van der Waals surface area contributed by atoms with Gasteiger partial charge in [0.15, 0.2) is 11.6 Å². The fourth-order valence-electron chi connectivity index (χ4n) is 1.19. The molecule has 0 bridgehead atoms. The van der Waals surface area contributed by atoms with Gasteiger partial charge >= 0.3 is 0 Å². The van der Waals surface area contributed by atoms with Crippen molar-refractivity contribution in [2.75, 3.05) is 30.9 Å². The van der Waals surface area contributed by atoms with E-state index in [0.29, 0.717) is 11.8 Å². The predicted molar refractivity (Wildman–Crippen MR) is 55.1 cm³/mol. The molecule has 0 saturated carbocycles. The third-order valence-corrected chi connectivity index (χ3v) is 1.87. The first kappa shape index (κ1) is 10.7. The number of hydrogen-bond donors (Lipinski definition) is 1. The molecule has 0 aliphatic carbocycles. The smallest absolute Gasteiger partial charge is 0.224 e. The van der Waals surface area contributed by atoms with Crippen molar-refractivity contribution in [2.24, 2.45) is 0 Å². The topological polar surface area (TPSA) is 41.1 Å². The van der Waals surface area contributed by atoms with Gasteiger partial charge in [-0.25, -0.2) is 9.37 Å². The van der Waals surface area contributed by atoms with Crippen molar-refractivity contribution in [3.63, 3.8) is 0 Å². The molecule has 78 valence electrons. The van der Waals surface area contributed by atoms with Gasteiger partial charge < -0.3 is 10.2 Å². The summed E-state index contributed by atoms with van der Waals surface area (Å²) in [6.45, 7) is 2.81. The monoisotopic (exact) mass is 198 g/mol. The fraction of sp³-hybridized carbons (Fsp3) is 0.556. The van der Waals surface area contributed by atoms with E-state index in [1.54, 1.807) is 11.9 Å². The van der Waals surface area contributed by atoms with Crippen LogP contribution >= 0.6 is 0 Å². The highest BCUT2D eigenvalue weighted by Crippen LogP contribution is 2.15. The van der Waals surface area contributed by atoms with Gasteiger partial charge in [-0.05, 0) is 6.42 Å². The lowest BCUT2D eigenvalue weighted by atomic mass is 10.4. The van der Waals surface area contributed by atoms with Gasteiger partial charge in [0.25, 0.3) is 0 Å². The van der Waals surface area contributed by atoms with Crippen LogP contribution in [-0.2, 0) is 0 Å². The second-order valence-corrected chi connectivity index (χ2v) is 3.04. The zero-order valence-corrected chi connectivity index (χ0v) is 8.71. The minimum atomic E-state index is -0.389. The molecule has 0 aliphatic rings. The minimum absolute atomic E-state index is 0.339. The molecule has 0 aromatic carbocycles. The highest BCUT2D eigenvalue weighted by Gasteiger charge is 2.09. The summed E-state index contributed by atoms with van der Waals surface area (Å²) in [5, 5.41) is 2.78. The molecule has 4 nitrogen and oxygen atoms in total. The Balaban J connectivity index is 2.93. The van der Waals surface area contributed by atoms with Crippen LogP contribution in [0.3, 0.4) is 0 Å². The van der Waals surface area contributed by atoms with Gasteiger partial charge in [0.1, 0.15) is 0 Å². The maximum absolute atomic E-state index is 13.3. The van der Waals surface area contributed by atoms with Gasteiger partial charge in [-0.2, -0.15) is 4.98 Å². The molecule has 0 saturated heterocycles. The quantitative estimate of drug-likeness (QED) is 0.796. The van der Waals surface area contributed by atoms with Crippen LogP contribution < -0.4 is 10.2 Å². The molecule has 1 aromatic rings. The van der Waals surface area contributed by atoms with Gasteiger partial charge in [-0.15, -0.1) is 0 Å². The third kappa shape index (κ3) is 2.31. The highest BCUT2D eigenvalue weighted by atomic mass is 19.1. The minimum Gasteiger partial charge on any atom is -0.357 e. The van der Waals surface area contributed by atoms with E-state index in [-0.39, 0.29) is 5.82 Å². The van der Waals surface area contributed by atoms with Crippen molar-refractivity contribution < 1.29 is 4.39 Å². The van der Waals surface area contributed by atoms with Crippen LogP contribution in [0.5, 0.6) is 0 Å². The van der Waals surface area contributed by atoms with E-state index in [1.807, 2.05) is 14.0 Å². The van der Waals surface area contributed by atoms with Crippen molar-refractivity contribution in [3.05, 3.63) is 12.0 Å². The summed E-state index contributed by atoms with van der Waals surface area (Å²) in [5.74, 6) is 0.385. The second-order valence-electron chi connectivity index (χ2n) is 3.04. The zero-order valence-electron chi connectivity index (χ0n) is 8.71. The van der Waals surface area contributed by atoms with Crippen LogP contribution in [0.2, 0.25) is 0 Å². The van der Waals surface area contributed by atoms with Crippen LogP contribution in [0.4, 0.5) is 16.2 Å². The van der Waals surface area contributed by atoms with E-state index >= 15 is 0 Å². The summed E-state index contributed by atoms with van der Waals surface area (Å²) in [6.07, 6.45) is 2.13. The first-order valence-corrected chi connectivity index (χ1v) is 4.60. The maximum Gasteiger partial charge on any atom is 0.224 e. The van der Waals surface area contributed by atoms with E-state index in [9.17, 15) is 4.39 Å². The number of rotatable bonds is 4. The summed E-state index contributed by atoms with van der Waals surface area (Å²) in [4.78, 5) is 9.59. The standard InChI is InChI=1S/C9H15FN4/c1-4-5-14(3)8-7(10)6-12-9(11-2)13-8/h6H,4-5H2,1-3H3,(H,11,12,13). The van der Waals surface area contributed by atoms with Crippen molar-refractivity contribution >= 4 is 11.8 Å². The summed E-state index contributed by atoms with van der Waals surface area (Å²) in [5.41, 5.74) is 0. The van der Waals surface area contributed by atoms with Gasteiger partial charge in [-0.3, -0.25) is 0 Å². The lowest BCUT2D eigenvalue weighted by molar-refractivity contribution is 0.607. The van der Waals surface area contributed by atoms with Crippen LogP contribution in [0, 0.1) is 5.82 Å². The molecule has 0 radical (unpaired) electrons. The molecule has 14 heavy (non-hydrogen) atoms. The first-order chi connectivity index (χ1) is 6.69. The number of nitrogens with zero attached hydrogens (tertiary/aromatic N) is 3. The van der Waals surface area contributed by atoms with Crippen molar-refractivity contribution in [1.82, 2.24) is 9.97 Å². The van der Waals surface area contributed by atoms with Crippen molar-refractivity contribution in [1.29, 1.82) is 0 Å². The lowest BCUT2D eigenvalue weighted by Gasteiger charge is -2.17. The summed E-state index contributed by atoms with van der Waals surface area (Å²) in [7, 11) is 3.52. The largest absolute Gasteiger partial charge is 0.357 e. The molecular weight excluding hydrogens is 183 g/mol. The fourth-order valence-corrected chi connectivity index (χ4v) is 1.19. The molecule has 0 atom stereocenters. The Hall–Kier alpha value is -1.39. The summed E-state index contributed by atoms with van der Waals surface area (Å²) < 4.78 is 13.3. The van der Waals surface area contributed by atoms with Crippen molar-refractivity contribution in [3.8, 4) is 0 Å². The molecule has 0 spiro atoms. The van der Waals surface area contributed by atoms with Crippen LogP contribution in [0.15, 0.2) is 6.20 Å². The normalized spacial score (nSPS) is 10.0. The Morgan fingerprint density at radius 3 is 2.86 bits per heavy atom.